The van der Waals surface area contributed by atoms with Crippen molar-refractivity contribution >= 4 is 17.0 Å². The van der Waals surface area contributed by atoms with Crippen LogP contribution in [-0.4, -0.2) is 100 Å². The van der Waals surface area contributed by atoms with E-state index in [0.717, 1.165) is 49.8 Å². The molecular weight excluding hydrogens is 849 g/mol. The summed E-state index contributed by atoms with van der Waals surface area (Å²) >= 11 is 0. The van der Waals surface area contributed by atoms with Gasteiger partial charge in [0.05, 0.1) is 25.5 Å². The molecule has 0 radical (unpaired) electrons. The fourth-order valence-electron chi connectivity index (χ4n) is 11.5. The van der Waals surface area contributed by atoms with Crippen molar-refractivity contribution in [1.29, 1.82) is 0 Å². The lowest BCUT2D eigenvalue weighted by Gasteiger charge is -2.50. The van der Waals surface area contributed by atoms with Crippen LogP contribution < -0.4 is 30.2 Å². The Bertz CT molecular complexity index is 2770. The van der Waals surface area contributed by atoms with Crippen LogP contribution in [0.25, 0.3) is 28.1 Å². The number of ether oxygens (including phenoxy) is 4. The fraction of sp³-hybridized carbons (Fsp3) is 0.444. The van der Waals surface area contributed by atoms with Crippen molar-refractivity contribution in [1.82, 2.24) is 20.9 Å². The number of H-pyrrole nitrogens is 1. The van der Waals surface area contributed by atoms with E-state index >= 15 is 0 Å². The number of benzene rings is 4. The van der Waals surface area contributed by atoms with Crippen LogP contribution in [0.5, 0.6) is 28.7 Å². The lowest BCUT2D eigenvalue weighted by Crippen LogP contribution is -2.62. The van der Waals surface area contributed by atoms with Crippen LogP contribution >= 0.6 is 0 Å². The van der Waals surface area contributed by atoms with Crippen molar-refractivity contribution in [2.75, 3.05) is 40.2 Å². The Morgan fingerprint density at radius 1 is 0.940 bits per heavy atom. The molecule has 0 amide bonds. The van der Waals surface area contributed by atoms with Crippen LogP contribution in [0.2, 0.25) is 0 Å². The van der Waals surface area contributed by atoms with Gasteiger partial charge >= 0.3 is 0 Å². The zero-order valence-corrected chi connectivity index (χ0v) is 38.6. The number of aliphatic hydroxyl groups excluding tert-OH is 2. The average Bonchev–Trinajstić information content (AvgIpc) is 3.79. The number of aliphatic hydroxyl groups is 3. The molecule has 0 fully saturated rings. The first-order valence-electron chi connectivity index (χ1n) is 23.7. The summed E-state index contributed by atoms with van der Waals surface area (Å²) in [5.74, 6) is 8.76. The van der Waals surface area contributed by atoms with Gasteiger partial charge in [-0.1, -0.05) is 56.0 Å². The van der Waals surface area contributed by atoms with E-state index in [2.05, 4.69) is 83.0 Å². The van der Waals surface area contributed by atoms with E-state index in [1.54, 1.807) is 18.2 Å². The van der Waals surface area contributed by atoms with E-state index in [1.807, 2.05) is 32.3 Å². The highest BCUT2D eigenvalue weighted by atomic mass is 16.6. The second-order valence-electron chi connectivity index (χ2n) is 19.7. The zero-order valence-electron chi connectivity index (χ0n) is 38.6. The van der Waals surface area contributed by atoms with Gasteiger partial charge < -0.3 is 54.8 Å². The Kier molecular flexibility index (Phi) is 12.3. The van der Waals surface area contributed by atoms with Crippen molar-refractivity contribution in [3.05, 3.63) is 106 Å². The summed E-state index contributed by atoms with van der Waals surface area (Å²) in [6, 6.07) is 16.9. The predicted octanol–water partition coefficient (Wildman–Crippen LogP) is 6.44. The maximum Gasteiger partial charge on any atom is 0.161 e. The van der Waals surface area contributed by atoms with Gasteiger partial charge in [0.1, 0.15) is 41.1 Å². The number of nitrogens with one attached hydrogen (secondary N) is 4. The number of aromatic nitrogens is 1. The molecule has 67 heavy (non-hydrogen) atoms. The van der Waals surface area contributed by atoms with E-state index in [-0.39, 0.29) is 62.1 Å². The van der Waals surface area contributed by atoms with Crippen molar-refractivity contribution in [3.63, 3.8) is 0 Å². The summed E-state index contributed by atoms with van der Waals surface area (Å²) in [5, 5.41) is 66.4. The third kappa shape index (κ3) is 8.22. The third-order valence-corrected chi connectivity index (χ3v) is 14.4. The van der Waals surface area contributed by atoms with Gasteiger partial charge in [-0.3, -0.25) is 10.6 Å². The Balaban J connectivity index is 1.18. The summed E-state index contributed by atoms with van der Waals surface area (Å²) < 4.78 is 27.9. The molecule has 5 aliphatic rings. The molecule has 3 aliphatic heterocycles. The van der Waals surface area contributed by atoms with Crippen LogP contribution in [-0.2, 0) is 24.0 Å². The molecule has 4 aromatic carbocycles. The molecule has 8 unspecified atom stereocenters. The maximum absolute atomic E-state index is 11.5. The first-order valence-corrected chi connectivity index (χ1v) is 23.7. The number of phenolic OH excluding ortho intramolecular Hbond substituents is 2. The molecule has 10 rings (SSSR count). The number of rotatable bonds is 13. The molecule has 5 aromatic rings. The standard InChI is InChI=1S/C54H62N4O9/c1-30(2)23-53(3,63)27-56-28-58-47-7-5-6-34(25-59)65-46-21-33(9-16-45(46)62)52-54(47,64-29-55-4)24-42-41-22-40-36(31-8-15-43-32(20-31)18-19-57-43)12-13-37-44(61)17-14-38(48(37)40)49(41)51-39(50(42)67-52)11-10-35(26-60)66-51/h8-9,12-21,30,34-36,40,47,52,55-63H,6,10-11,22-29H2,1-4H3. The molecule has 13 nitrogen and oxygen atoms in total. The molecule has 1 aromatic heterocycles. The van der Waals surface area contributed by atoms with Gasteiger partial charge in [-0.05, 0) is 121 Å². The van der Waals surface area contributed by atoms with Gasteiger partial charge in [-0.15, -0.1) is 0 Å². The lowest BCUT2D eigenvalue weighted by molar-refractivity contribution is -0.141. The van der Waals surface area contributed by atoms with E-state index < -0.39 is 35.6 Å². The molecule has 0 spiro atoms. The van der Waals surface area contributed by atoms with Crippen LogP contribution in [0.15, 0.2) is 66.9 Å². The summed E-state index contributed by atoms with van der Waals surface area (Å²) in [4.78, 5) is 3.33. The first-order chi connectivity index (χ1) is 32.4. The quantitative estimate of drug-likeness (QED) is 0.0358. The van der Waals surface area contributed by atoms with E-state index in [9.17, 15) is 25.5 Å². The van der Waals surface area contributed by atoms with Crippen molar-refractivity contribution in [2.45, 2.75) is 107 Å². The highest BCUT2D eigenvalue weighted by Gasteiger charge is 2.55. The number of hydrogen-bond donors (Lipinski definition) is 9. The third-order valence-electron chi connectivity index (χ3n) is 14.4. The van der Waals surface area contributed by atoms with E-state index in [0.29, 0.717) is 61.6 Å². The number of aromatic hydroxyl groups is 2. The van der Waals surface area contributed by atoms with Crippen molar-refractivity contribution in [3.8, 4) is 51.7 Å². The van der Waals surface area contributed by atoms with E-state index in [4.69, 9.17) is 18.9 Å². The van der Waals surface area contributed by atoms with Crippen LogP contribution in [0.4, 0.5) is 0 Å². The molecule has 0 saturated heterocycles. The number of allylic oxidation sites excluding steroid dienone is 1. The summed E-state index contributed by atoms with van der Waals surface area (Å²) in [6.45, 7) is 6.32. The molecule has 2 aliphatic carbocycles. The van der Waals surface area contributed by atoms with Crippen molar-refractivity contribution in [2.24, 2.45) is 5.92 Å². The van der Waals surface area contributed by atoms with Gasteiger partial charge in [0.15, 0.2) is 17.6 Å². The maximum atomic E-state index is 11.5. The highest BCUT2D eigenvalue weighted by molar-refractivity contribution is 5.89. The van der Waals surface area contributed by atoms with Crippen LogP contribution in [0.1, 0.15) is 96.9 Å². The van der Waals surface area contributed by atoms with Crippen LogP contribution in [0, 0.1) is 17.8 Å². The molecule has 8 atom stereocenters. The normalized spacial score (nSPS) is 25.4. The van der Waals surface area contributed by atoms with E-state index in [1.165, 1.54) is 5.56 Å². The molecule has 4 heterocycles. The van der Waals surface area contributed by atoms with Gasteiger partial charge in [-0.25, -0.2) is 0 Å². The molecule has 13 heteroatoms. The summed E-state index contributed by atoms with van der Waals surface area (Å²) in [5.41, 5.74) is 7.43. The Labute approximate surface area is 391 Å². The molecule has 0 saturated carbocycles. The Hall–Kier alpha value is -5.56. The van der Waals surface area contributed by atoms with Gasteiger partial charge in [0.2, 0.25) is 0 Å². The van der Waals surface area contributed by atoms with Gasteiger partial charge in [0, 0.05) is 65.9 Å². The zero-order chi connectivity index (χ0) is 46.6. The minimum atomic E-state index is -1.24. The summed E-state index contributed by atoms with van der Waals surface area (Å²) in [7, 11) is 1.83. The molecule has 352 valence electrons. The van der Waals surface area contributed by atoms with Crippen molar-refractivity contribution < 1.29 is 44.5 Å². The number of aromatic amines is 1. The van der Waals surface area contributed by atoms with Crippen LogP contribution in [0.3, 0.4) is 0 Å². The topological polar surface area (TPSA) is 190 Å². The fourth-order valence-corrected chi connectivity index (χ4v) is 11.5. The molecule has 9 N–H and O–H groups in total. The molecular formula is C54H62N4O9. The number of phenols is 2. The summed E-state index contributed by atoms with van der Waals surface area (Å²) in [6.07, 6.45) is 7.15. The highest BCUT2D eigenvalue weighted by Crippen LogP contribution is 2.61. The SMILES string of the molecule is CNCOC12Cc3c4c(c5c(c3OC1c1ccc(O)c(c1)OC(CO)CC#CC2NCNCC(C)(O)CC(C)C)CCC(CO)O5)-c1ccc(O)c2c1C(C4)C(c1ccc3[nH]ccc3c1)C=C2. The largest absolute Gasteiger partial charge is 0.507 e. The minimum Gasteiger partial charge on any atom is -0.507 e. The number of fused-ring (bicyclic) bond motifs is 12. The minimum absolute atomic E-state index is 0.0309. The molecule has 2 bridgehead atoms. The average molecular weight is 911 g/mol. The Morgan fingerprint density at radius 3 is 2.57 bits per heavy atom. The van der Waals surface area contributed by atoms with Gasteiger partial charge in [-0.2, -0.15) is 0 Å². The first kappa shape index (κ1) is 45.2. The monoisotopic (exact) mass is 910 g/mol. The second-order valence-corrected chi connectivity index (χ2v) is 19.7. The lowest BCUT2D eigenvalue weighted by atomic mass is 9.64. The number of hydrogen-bond acceptors (Lipinski definition) is 12. The van der Waals surface area contributed by atoms with Gasteiger partial charge in [0.25, 0.3) is 0 Å². The smallest absolute Gasteiger partial charge is 0.161 e. The second kappa shape index (κ2) is 18.2. The Morgan fingerprint density at radius 2 is 1.76 bits per heavy atom. The predicted molar refractivity (Wildman–Crippen MR) is 257 cm³/mol.